The molecule has 33 heavy (non-hydrogen) atoms. The van der Waals surface area contributed by atoms with Gasteiger partial charge in [0.05, 0.1) is 22.9 Å². The van der Waals surface area contributed by atoms with Crippen molar-refractivity contribution in [2.24, 2.45) is 5.10 Å². The Kier molecular flexibility index (Phi) is 6.22. The van der Waals surface area contributed by atoms with Gasteiger partial charge in [0.25, 0.3) is 10.0 Å². The maximum atomic E-state index is 13.5. The topological polar surface area (TPSA) is 95.9 Å². The van der Waals surface area contributed by atoms with Crippen LogP contribution < -0.4 is 4.72 Å². The van der Waals surface area contributed by atoms with E-state index in [0.29, 0.717) is 28.4 Å². The van der Waals surface area contributed by atoms with Gasteiger partial charge in [-0.3, -0.25) is 4.72 Å². The first-order chi connectivity index (χ1) is 15.5. The third-order valence-corrected chi connectivity index (χ3v) is 7.85. The Morgan fingerprint density at radius 1 is 0.939 bits per heavy atom. The first kappa shape index (κ1) is 23.3. The van der Waals surface area contributed by atoms with Crippen LogP contribution in [0, 0.1) is 6.92 Å². The summed E-state index contributed by atoms with van der Waals surface area (Å²) < 4.78 is 53.6. The zero-order chi connectivity index (χ0) is 23.8. The fourth-order valence-electron chi connectivity index (χ4n) is 3.74. The van der Waals surface area contributed by atoms with Crippen LogP contribution in [0.2, 0.25) is 5.02 Å². The molecule has 3 aromatic carbocycles. The molecule has 0 aromatic heterocycles. The number of rotatable bonds is 6. The lowest BCUT2D eigenvalue weighted by Gasteiger charge is -2.24. The summed E-state index contributed by atoms with van der Waals surface area (Å²) in [5.41, 5.74) is 3.54. The Morgan fingerprint density at radius 2 is 1.58 bits per heavy atom. The van der Waals surface area contributed by atoms with Crippen molar-refractivity contribution in [3.8, 4) is 0 Å². The predicted octanol–water partition coefficient (Wildman–Crippen LogP) is 4.56. The van der Waals surface area contributed by atoms with Gasteiger partial charge < -0.3 is 0 Å². The van der Waals surface area contributed by atoms with Crippen LogP contribution >= 0.6 is 11.6 Å². The average Bonchev–Trinajstić information content (AvgIpc) is 3.20. The molecule has 1 aliphatic heterocycles. The zero-order valence-electron chi connectivity index (χ0n) is 17.9. The van der Waals surface area contributed by atoms with E-state index >= 15 is 0 Å². The molecule has 0 unspecified atom stereocenters. The number of nitrogens with zero attached hydrogens (tertiary/aromatic N) is 2. The molecular formula is C23H22ClN3O4S2. The normalized spacial score (nSPS) is 16.5. The molecule has 3 aromatic rings. The summed E-state index contributed by atoms with van der Waals surface area (Å²) in [6, 6.07) is 19.8. The summed E-state index contributed by atoms with van der Waals surface area (Å²) in [6.45, 7) is 1.94. The average molecular weight is 504 g/mol. The number of anilines is 1. The van der Waals surface area contributed by atoms with Gasteiger partial charge in [-0.1, -0.05) is 48.0 Å². The Labute approximate surface area is 198 Å². The van der Waals surface area contributed by atoms with Crippen LogP contribution in [0.15, 0.2) is 82.8 Å². The summed E-state index contributed by atoms with van der Waals surface area (Å²) in [4.78, 5) is 0.100. The van der Waals surface area contributed by atoms with Gasteiger partial charge in [-0.15, -0.1) is 0 Å². The number of hydrogen-bond donors (Lipinski definition) is 1. The fourth-order valence-corrected chi connectivity index (χ4v) is 5.85. The molecule has 10 heteroatoms. The van der Waals surface area contributed by atoms with Crippen LogP contribution in [0.3, 0.4) is 0 Å². The summed E-state index contributed by atoms with van der Waals surface area (Å²) in [7, 11) is -7.34. The molecular weight excluding hydrogens is 482 g/mol. The van der Waals surface area contributed by atoms with Crippen molar-refractivity contribution in [3.63, 3.8) is 0 Å². The quantitative estimate of drug-likeness (QED) is 0.533. The molecule has 0 aliphatic carbocycles. The second-order valence-corrected chi connectivity index (χ2v) is 11.8. The summed E-state index contributed by atoms with van der Waals surface area (Å²) >= 11 is 5.94. The van der Waals surface area contributed by atoms with Crippen LogP contribution in [0.4, 0.5) is 5.69 Å². The number of hydrazone groups is 1. The molecule has 0 amide bonds. The van der Waals surface area contributed by atoms with Crippen LogP contribution in [-0.2, 0) is 20.0 Å². The molecule has 0 spiro atoms. The van der Waals surface area contributed by atoms with Gasteiger partial charge in [-0.25, -0.2) is 8.42 Å². The number of hydrogen-bond acceptors (Lipinski definition) is 5. The van der Waals surface area contributed by atoms with E-state index in [1.807, 2.05) is 31.2 Å². The molecule has 0 saturated carbocycles. The van der Waals surface area contributed by atoms with Gasteiger partial charge in [0, 0.05) is 17.1 Å². The molecule has 0 fully saturated rings. The highest BCUT2D eigenvalue weighted by atomic mass is 35.5. The van der Waals surface area contributed by atoms with Gasteiger partial charge in [0.1, 0.15) is 0 Å². The number of aryl methyl sites for hydroxylation is 1. The molecule has 0 saturated heterocycles. The van der Waals surface area contributed by atoms with E-state index in [0.717, 1.165) is 21.8 Å². The monoisotopic (exact) mass is 503 g/mol. The first-order valence-corrected chi connectivity index (χ1v) is 13.8. The van der Waals surface area contributed by atoms with Gasteiger partial charge in [0.2, 0.25) is 10.0 Å². The van der Waals surface area contributed by atoms with Gasteiger partial charge >= 0.3 is 0 Å². The minimum Gasteiger partial charge on any atom is -0.284 e. The predicted molar refractivity (Wildman–Crippen MR) is 130 cm³/mol. The summed E-state index contributed by atoms with van der Waals surface area (Å²) in [6.07, 6.45) is 1.45. The summed E-state index contributed by atoms with van der Waals surface area (Å²) in [5, 5.41) is 4.96. The van der Waals surface area contributed by atoms with Crippen LogP contribution in [0.5, 0.6) is 0 Å². The minimum absolute atomic E-state index is 0.100. The lowest BCUT2D eigenvalue weighted by atomic mass is 9.96. The van der Waals surface area contributed by atoms with E-state index in [1.54, 1.807) is 24.3 Å². The van der Waals surface area contributed by atoms with Crippen molar-refractivity contribution < 1.29 is 16.8 Å². The van der Waals surface area contributed by atoms with E-state index in [9.17, 15) is 16.8 Å². The van der Waals surface area contributed by atoms with Crippen LogP contribution in [-0.4, -0.2) is 33.2 Å². The fraction of sp³-hybridized carbons (Fsp3) is 0.174. The van der Waals surface area contributed by atoms with E-state index < -0.39 is 26.1 Å². The Hall–Kier alpha value is -2.88. The van der Waals surface area contributed by atoms with E-state index in [4.69, 9.17) is 11.6 Å². The number of sulfonamides is 2. The van der Waals surface area contributed by atoms with Crippen molar-refractivity contribution >= 4 is 43.0 Å². The molecule has 1 aliphatic rings. The van der Waals surface area contributed by atoms with Crippen molar-refractivity contribution in [1.82, 2.24) is 4.41 Å². The van der Waals surface area contributed by atoms with Crippen molar-refractivity contribution in [2.75, 3.05) is 11.0 Å². The van der Waals surface area contributed by atoms with Gasteiger partial charge in [0.15, 0.2) is 0 Å². The van der Waals surface area contributed by atoms with Crippen molar-refractivity contribution in [2.45, 2.75) is 24.3 Å². The molecule has 172 valence electrons. The Balaban J connectivity index is 1.75. The van der Waals surface area contributed by atoms with Crippen molar-refractivity contribution in [3.05, 3.63) is 94.5 Å². The van der Waals surface area contributed by atoms with Gasteiger partial charge in [-0.05, 0) is 60.0 Å². The van der Waals surface area contributed by atoms with E-state index in [1.165, 1.54) is 24.3 Å². The Morgan fingerprint density at radius 3 is 2.18 bits per heavy atom. The third-order valence-electron chi connectivity index (χ3n) is 5.30. The summed E-state index contributed by atoms with van der Waals surface area (Å²) in [5.74, 6) is 0. The third kappa shape index (κ3) is 5.05. The molecule has 1 N–H and O–H groups in total. The maximum Gasteiger partial charge on any atom is 0.279 e. The maximum absolute atomic E-state index is 13.5. The molecule has 1 atom stereocenters. The second kappa shape index (κ2) is 8.81. The van der Waals surface area contributed by atoms with Crippen LogP contribution in [0.25, 0.3) is 0 Å². The first-order valence-electron chi connectivity index (χ1n) is 10.1. The second-order valence-electron chi connectivity index (χ2n) is 7.81. The lowest BCUT2D eigenvalue weighted by molar-refractivity contribution is 0.370. The Bertz CT molecular complexity index is 1420. The highest BCUT2D eigenvalue weighted by molar-refractivity contribution is 7.92. The smallest absolute Gasteiger partial charge is 0.279 e. The van der Waals surface area contributed by atoms with Gasteiger partial charge in [-0.2, -0.15) is 17.9 Å². The number of nitrogens with one attached hydrogen (secondary N) is 1. The molecule has 0 bridgehead atoms. The van der Waals surface area contributed by atoms with Crippen molar-refractivity contribution in [1.29, 1.82) is 0 Å². The van der Waals surface area contributed by atoms with E-state index in [2.05, 4.69) is 9.82 Å². The minimum atomic E-state index is -3.95. The zero-order valence-corrected chi connectivity index (χ0v) is 20.3. The number of benzene rings is 3. The standard InChI is InChI=1S/C23H22ClN3O4S2/c1-16-5-3-4-6-21(16)23-15-22(17-7-11-19(12-8-17)26-32(2,28)29)25-27(23)33(30,31)20-13-9-18(24)10-14-20/h3-14,23,26H,15H2,1-2H3/t23-/m1/s1. The largest absolute Gasteiger partial charge is 0.284 e. The molecule has 7 nitrogen and oxygen atoms in total. The molecule has 1 heterocycles. The highest BCUT2D eigenvalue weighted by Crippen LogP contribution is 2.38. The lowest BCUT2D eigenvalue weighted by Crippen LogP contribution is -2.27. The van der Waals surface area contributed by atoms with E-state index in [-0.39, 0.29) is 4.90 Å². The highest BCUT2D eigenvalue weighted by Gasteiger charge is 2.38. The SMILES string of the molecule is Cc1ccccc1[C@H]1CC(c2ccc(NS(C)(=O)=O)cc2)=NN1S(=O)(=O)c1ccc(Cl)cc1. The molecule has 4 rings (SSSR count). The number of halogens is 1. The van der Waals surface area contributed by atoms with Crippen LogP contribution in [0.1, 0.15) is 29.2 Å². The molecule has 0 radical (unpaired) electrons.